The van der Waals surface area contributed by atoms with Gasteiger partial charge in [0, 0.05) is 22.9 Å². The number of alkyl halides is 3. The predicted octanol–water partition coefficient (Wildman–Crippen LogP) is 4.51. The van der Waals surface area contributed by atoms with Crippen LogP contribution in [-0.4, -0.2) is 44.6 Å². The normalized spacial score (nSPS) is 12.5. The molecule has 8 nitrogen and oxygen atoms in total. The molecule has 0 saturated carbocycles. The fourth-order valence-electron chi connectivity index (χ4n) is 2.91. The highest BCUT2D eigenvalue weighted by Crippen LogP contribution is 2.27. The standard InChI is InChI=1S/C21H22F3N3O5S/c1-3-10-30-20(28)32-13-27-17-7-5-4-6-15(17)26-19(27)33(29)11-16-14(2)18(8-9-25-16)31-12-21(22,23)24/h4-9H,3,10-13H2,1-2H3. The number of benzene rings is 1. The number of aromatic nitrogens is 3. The summed E-state index contributed by atoms with van der Waals surface area (Å²) in [5.41, 5.74) is 1.78. The molecule has 2 aromatic heterocycles. The zero-order chi connectivity index (χ0) is 24.0. The van der Waals surface area contributed by atoms with Gasteiger partial charge in [0.1, 0.15) is 5.75 Å². The topological polar surface area (TPSA) is 98.5 Å². The van der Waals surface area contributed by atoms with Gasteiger partial charge in [0.15, 0.2) is 19.1 Å². The maximum absolute atomic E-state index is 13.2. The minimum atomic E-state index is -4.48. The maximum atomic E-state index is 13.2. The van der Waals surface area contributed by atoms with Crippen molar-refractivity contribution in [3.05, 3.63) is 47.8 Å². The molecule has 12 heteroatoms. The monoisotopic (exact) mass is 485 g/mol. The molecule has 0 fully saturated rings. The van der Waals surface area contributed by atoms with Gasteiger partial charge in [-0.1, -0.05) is 19.1 Å². The van der Waals surface area contributed by atoms with Gasteiger partial charge in [-0.25, -0.2) is 9.36 Å². The highest BCUT2D eigenvalue weighted by atomic mass is 32.2. The van der Waals surface area contributed by atoms with Gasteiger partial charge in [-0.2, -0.15) is 18.2 Å². The molecule has 33 heavy (non-hydrogen) atoms. The first-order valence-electron chi connectivity index (χ1n) is 9.96. The van der Waals surface area contributed by atoms with Crippen molar-refractivity contribution in [2.24, 2.45) is 0 Å². The van der Waals surface area contributed by atoms with E-state index in [0.29, 0.717) is 28.7 Å². The van der Waals surface area contributed by atoms with Crippen LogP contribution >= 0.6 is 0 Å². The van der Waals surface area contributed by atoms with Gasteiger partial charge in [-0.15, -0.1) is 0 Å². The van der Waals surface area contributed by atoms with Gasteiger partial charge in [-0.3, -0.25) is 4.98 Å². The first kappa shape index (κ1) is 24.6. The Kier molecular flexibility index (Phi) is 8.03. The largest absolute Gasteiger partial charge is 0.609 e. The van der Waals surface area contributed by atoms with Gasteiger partial charge >= 0.3 is 17.5 Å². The molecule has 0 saturated heterocycles. The average Bonchev–Trinajstić information content (AvgIpc) is 3.15. The molecule has 1 atom stereocenters. The van der Waals surface area contributed by atoms with E-state index in [-0.39, 0.29) is 30.0 Å². The minimum absolute atomic E-state index is 0.00447. The van der Waals surface area contributed by atoms with E-state index in [2.05, 4.69) is 9.97 Å². The van der Waals surface area contributed by atoms with Crippen LogP contribution in [-0.2, 0) is 33.1 Å². The molecule has 1 aromatic carbocycles. The van der Waals surface area contributed by atoms with E-state index < -0.39 is 30.1 Å². The highest BCUT2D eigenvalue weighted by Gasteiger charge is 2.29. The molecule has 0 N–H and O–H groups in total. The van der Waals surface area contributed by atoms with E-state index in [1.54, 1.807) is 31.2 Å². The Labute approximate surface area is 190 Å². The second kappa shape index (κ2) is 10.8. The molecule has 2 heterocycles. The van der Waals surface area contributed by atoms with Crippen molar-refractivity contribution in [2.75, 3.05) is 13.2 Å². The Hall–Kier alpha value is -2.99. The Morgan fingerprint density at radius 3 is 2.70 bits per heavy atom. The van der Waals surface area contributed by atoms with Gasteiger partial charge in [0.05, 0.1) is 23.3 Å². The van der Waals surface area contributed by atoms with Crippen LogP contribution in [0.15, 0.2) is 41.7 Å². The number of para-hydroxylation sites is 2. The summed E-state index contributed by atoms with van der Waals surface area (Å²) >= 11 is -1.76. The number of pyridine rings is 1. The maximum Gasteiger partial charge on any atom is 0.510 e. The van der Waals surface area contributed by atoms with Crippen LogP contribution in [0.25, 0.3) is 11.0 Å². The summed E-state index contributed by atoms with van der Waals surface area (Å²) in [4.78, 5) is 20.3. The lowest BCUT2D eigenvalue weighted by Gasteiger charge is -2.15. The van der Waals surface area contributed by atoms with E-state index in [4.69, 9.17) is 14.2 Å². The molecule has 0 aliphatic rings. The van der Waals surface area contributed by atoms with E-state index in [1.165, 1.54) is 16.8 Å². The van der Waals surface area contributed by atoms with E-state index in [0.717, 1.165) is 0 Å². The molecule has 1 unspecified atom stereocenters. The first-order valence-corrected chi connectivity index (χ1v) is 11.3. The van der Waals surface area contributed by atoms with Crippen LogP contribution < -0.4 is 4.74 Å². The average molecular weight is 485 g/mol. The van der Waals surface area contributed by atoms with Gasteiger partial charge in [0.2, 0.25) is 0 Å². The van der Waals surface area contributed by atoms with Crippen LogP contribution in [0, 0.1) is 6.92 Å². The van der Waals surface area contributed by atoms with Crippen molar-refractivity contribution in [3.8, 4) is 5.75 Å². The van der Waals surface area contributed by atoms with Gasteiger partial charge < -0.3 is 18.8 Å². The van der Waals surface area contributed by atoms with E-state index in [9.17, 15) is 22.5 Å². The Bertz CT molecular complexity index is 1110. The summed E-state index contributed by atoms with van der Waals surface area (Å²) in [6.45, 7) is 1.88. The summed E-state index contributed by atoms with van der Waals surface area (Å²) in [7, 11) is 0. The van der Waals surface area contributed by atoms with Crippen molar-refractivity contribution < 1.29 is 36.7 Å². The predicted molar refractivity (Wildman–Crippen MR) is 113 cm³/mol. The smallest absolute Gasteiger partial charge is 0.510 e. The SMILES string of the molecule is CCCOC(=O)OCn1c([S+]([O-])Cc2nccc(OCC(F)(F)F)c2C)nc2ccccc21. The van der Waals surface area contributed by atoms with Crippen LogP contribution in [0.3, 0.4) is 0 Å². The molecule has 3 rings (SSSR count). The van der Waals surface area contributed by atoms with Crippen LogP contribution in [0.4, 0.5) is 18.0 Å². The summed E-state index contributed by atoms with van der Waals surface area (Å²) in [6, 6.07) is 8.29. The molecule has 0 spiro atoms. The number of ether oxygens (including phenoxy) is 3. The zero-order valence-corrected chi connectivity index (χ0v) is 18.7. The number of hydrogen-bond donors (Lipinski definition) is 0. The number of carbonyl (C=O) groups is 1. The number of imidazole rings is 1. The third kappa shape index (κ3) is 6.51. The van der Waals surface area contributed by atoms with E-state index >= 15 is 0 Å². The molecule has 0 radical (unpaired) electrons. The number of carbonyl (C=O) groups excluding carboxylic acids is 1. The lowest BCUT2D eigenvalue weighted by Crippen LogP contribution is -2.20. The number of hydrogen-bond acceptors (Lipinski definition) is 7. The minimum Gasteiger partial charge on any atom is -0.609 e. The molecule has 0 aliphatic carbocycles. The number of halogens is 3. The second-order valence-electron chi connectivity index (χ2n) is 6.96. The molecular formula is C21H22F3N3O5S. The lowest BCUT2D eigenvalue weighted by molar-refractivity contribution is -0.153. The number of fused-ring (bicyclic) bond motifs is 1. The first-order chi connectivity index (χ1) is 15.7. The van der Waals surface area contributed by atoms with Crippen molar-refractivity contribution in [1.82, 2.24) is 14.5 Å². The Balaban J connectivity index is 1.82. The van der Waals surface area contributed by atoms with Crippen molar-refractivity contribution in [3.63, 3.8) is 0 Å². The molecular weight excluding hydrogens is 463 g/mol. The molecule has 3 aromatic rings. The van der Waals surface area contributed by atoms with Crippen LogP contribution in [0.2, 0.25) is 0 Å². The zero-order valence-electron chi connectivity index (χ0n) is 17.9. The third-order valence-corrected chi connectivity index (χ3v) is 5.73. The van der Waals surface area contributed by atoms with Gasteiger partial charge in [-0.05, 0) is 31.5 Å². The molecule has 0 amide bonds. The Morgan fingerprint density at radius 2 is 1.97 bits per heavy atom. The van der Waals surface area contributed by atoms with Gasteiger partial charge in [0.25, 0.3) is 0 Å². The molecule has 0 bridgehead atoms. The van der Waals surface area contributed by atoms with Crippen LogP contribution in [0.1, 0.15) is 24.6 Å². The highest BCUT2D eigenvalue weighted by molar-refractivity contribution is 7.90. The van der Waals surface area contributed by atoms with E-state index in [1.807, 2.05) is 6.92 Å². The fourth-order valence-corrected chi connectivity index (χ4v) is 4.17. The third-order valence-electron chi connectivity index (χ3n) is 4.48. The summed E-state index contributed by atoms with van der Waals surface area (Å²) < 4.78 is 67.1. The molecule has 178 valence electrons. The van der Waals surface area contributed by atoms with Crippen LogP contribution in [0.5, 0.6) is 5.75 Å². The molecule has 0 aliphatic heterocycles. The number of rotatable bonds is 9. The lowest BCUT2D eigenvalue weighted by atomic mass is 10.2. The van der Waals surface area contributed by atoms with Crippen molar-refractivity contribution >= 4 is 28.4 Å². The number of nitrogens with zero attached hydrogens (tertiary/aromatic N) is 3. The van der Waals surface area contributed by atoms with Crippen molar-refractivity contribution in [1.29, 1.82) is 0 Å². The summed E-state index contributed by atoms with van der Waals surface area (Å²) in [6.07, 6.45) is -3.42. The Morgan fingerprint density at radius 1 is 1.21 bits per heavy atom. The summed E-state index contributed by atoms with van der Waals surface area (Å²) in [5, 5.41) is 0.127. The second-order valence-corrected chi connectivity index (χ2v) is 8.30. The van der Waals surface area contributed by atoms with Crippen molar-refractivity contribution in [2.45, 2.75) is 44.1 Å². The fraction of sp³-hybridized carbons (Fsp3) is 0.381. The summed E-state index contributed by atoms with van der Waals surface area (Å²) in [5.74, 6) is -0.122. The quantitative estimate of drug-likeness (QED) is 0.325.